The van der Waals surface area contributed by atoms with Crippen molar-refractivity contribution in [3.05, 3.63) is 29.5 Å². The fraction of sp³-hybridized carbons (Fsp3) is 0.308. The number of rotatable bonds is 2. The zero-order valence-corrected chi connectivity index (χ0v) is 10.2. The number of H-pyrrole nitrogens is 1. The van der Waals surface area contributed by atoms with Gasteiger partial charge in [-0.1, -0.05) is 13.8 Å². The fourth-order valence-corrected chi connectivity index (χ4v) is 1.99. The second-order valence-electron chi connectivity index (χ2n) is 4.38. The molecule has 0 amide bonds. The molecule has 17 heavy (non-hydrogen) atoms. The summed E-state index contributed by atoms with van der Waals surface area (Å²) in [6, 6.07) is 3.46. The minimum atomic E-state index is -0.366. The number of carbonyl (C=O) groups excluding carboxylic acids is 1. The standard InChI is InChI=1S/C13H16N2O2/c1-7(2)10-6-15-12-9(10)4-8(5-11(12)14)13(16)17-3/h4-7,15H,14H2,1-3H3. The van der Waals surface area contributed by atoms with Gasteiger partial charge in [0.05, 0.1) is 23.9 Å². The second kappa shape index (κ2) is 4.13. The summed E-state index contributed by atoms with van der Waals surface area (Å²) in [5.41, 5.74) is 9.00. The Labute approximate surface area is 99.8 Å². The van der Waals surface area contributed by atoms with Crippen molar-refractivity contribution < 1.29 is 9.53 Å². The first-order valence-corrected chi connectivity index (χ1v) is 5.53. The predicted molar refractivity (Wildman–Crippen MR) is 68.1 cm³/mol. The van der Waals surface area contributed by atoms with E-state index in [4.69, 9.17) is 10.5 Å². The normalized spacial score (nSPS) is 11.1. The van der Waals surface area contributed by atoms with Crippen LogP contribution in [0.4, 0.5) is 5.69 Å². The third-order valence-corrected chi connectivity index (χ3v) is 2.89. The van der Waals surface area contributed by atoms with Crippen LogP contribution in [0.5, 0.6) is 0 Å². The lowest BCUT2D eigenvalue weighted by Gasteiger charge is -2.06. The Morgan fingerprint density at radius 1 is 1.41 bits per heavy atom. The summed E-state index contributed by atoms with van der Waals surface area (Å²) in [5.74, 6) is 0.00514. The number of benzene rings is 1. The summed E-state index contributed by atoms with van der Waals surface area (Å²) < 4.78 is 4.71. The highest BCUT2D eigenvalue weighted by Gasteiger charge is 2.14. The Morgan fingerprint density at radius 2 is 2.12 bits per heavy atom. The largest absolute Gasteiger partial charge is 0.465 e. The molecule has 0 bridgehead atoms. The number of anilines is 1. The molecule has 0 unspecified atom stereocenters. The highest BCUT2D eigenvalue weighted by atomic mass is 16.5. The number of carbonyl (C=O) groups is 1. The van der Waals surface area contributed by atoms with E-state index in [1.54, 1.807) is 6.07 Å². The van der Waals surface area contributed by atoms with Gasteiger partial charge in [0.25, 0.3) is 0 Å². The van der Waals surface area contributed by atoms with E-state index in [1.165, 1.54) is 7.11 Å². The van der Waals surface area contributed by atoms with Gasteiger partial charge in [0.1, 0.15) is 0 Å². The van der Waals surface area contributed by atoms with Crippen LogP contribution in [0.2, 0.25) is 0 Å². The number of nitrogens with one attached hydrogen (secondary N) is 1. The number of nitrogen functional groups attached to an aromatic ring is 1. The van der Waals surface area contributed by atoms with Crippen LogP contribution in [0.15, 0.2) is 18.3 Å². The van der Waals surface area contributed by atoms with Crippen molar-refractivity contribution in [2.75, 3.05) is 12.8 Å². The van der Waals surface area contributed by atoms with Gasteiger partial charge in [-0.05, 0) is 23.6 Å². The topological polar surface area (TPSA) is 68.1 Å². The number of aromatic amines is 1. The highest BCUT2D eigenvalue weighted by Crippen LogP contribution is 2.30. The quantitative estimate of drug-likeness (QED) is 0.617. The second-order valence-corrected chi connectivity index (χ2v) is 4.38. The van der Waals surface area contributed by atoms with E-state index in [9.17, 15) is 4.79 Å². The first-order chi connectivity index (χ1) is 8.04. The number of aromatic nitrogens is 1. The predicted octanol–water partition coefficient (Wildman–Crippen LogP) is 2.66. The van der Waals surface area contributed by atoms with Crippen LogP contribution < -0.4 is 5.73 Å². The molecule has 0 atom stereocenters. The molecule has 1 heterocycles. The van der Waals surface area contributed by atoms with E-state index in [1.807, 2.05) is 12.3 Å². The molecule has 2 aromatic rings. The zero-order valence-electron chi connectivity index (χ0n) is 10.2. The minimum absolute atomic E-state index is 0.366. The Bertz CT molecular complexity index is 570. The third-order valence-electron chi connectivity index (χ3n) is 2.89. The Hall–Kier alpha value is -1.97. The maximum atomic E-state index is 11.5. The Morgan fingerprint density at radius 3 is 2.71 bits per heavy atom. The van der Waals surface area contributed by atoms with Gasteiger partial charge < -0.3 is 15.5 Å². The SMILES string of the molecule is COC(=O)c1cc(N)c2[nH]cc(C(C)C)c2c1. The first-order valence-electron chi connectivity index (χ1n) is 5.53. The molecular formula is C13H16N2O2. The van der Waals surface area contributed by atoms with Gasteiger partial charge in [0.2, 0.25) is 0 Å². The lowest BCUT2D eigenvalue weighted by molar-refractivity contribution is 0.0601. The molecule has 4 heteroatoms. The van der Waals surface area contributed by atoms with E-state index in [-0.39, 0.29) is 5.97 Å². The summed E-state index contributed by atoms with van der Waals surface area (Å²) in [6.45, 7) is 4.20. The van der Waals surface area contributed by atoms with Crippen molar-refractivity contribution in [3.8, 4) is 0 Å². The Kier molecular flexibility index (Phi) is 2.79. The molecule has 0 spiro atoms. The van der Waals surface area contributed by atoms with Crippen molar-refractivity contribution in [1.82, 2.24) is 4.98 Å². The average Bonchev–Trinajstić information content (AvgIpc) is 2.72. The summed E-state index contributed by atoms with van der Waals surface area (Å²) in [6.07, 6.45) is 1.94. The monoisotopic (exact) mass is 232 g/mol. The fourth-order valence-electron chi connectivity index (χ4n) is 1.99. The van der Waals surface area contributed by atoms with Gasteiger partial charge in [-0.2, -0.15) is 0 Å². The Balaban J connectivity index is 2.69. The van der Waals surface area contributed by atoms with E-state index >= 15 is 0 Å². The molecule has 2 rings (SSSR count). The number of hydrogen-bond acceptors (Lipinski definition) is 3. The molecule has 4 nitrogen and oxygen atoms in total. The van der Waals surface area contributed by atoms with Crippen molar-refractivity contribution in [1.29, 1.82) is 0 Å². The molecule has 0 radical (unpaired) electrons. The van der Waals surface area contributed by atoms with Crippen LogP contribution in [-0.4, -0.2) is 18.1 Å². The first kappa shape index (κ1) is 11.5. The lowest BCUT2D eigenvalue weighted by Crippen LogP contribution is -2.02. The molecule has 0 saturated carbocycles. The number of esters is 1. The molecule has 0 saturated heterocycles. The number of nitrogens with two attached hydrogens (primary N) is 1. The smallest absolute Gasteiger partial charge is 0.337 e. The van der Waals surface area contributed by atoms with Gasteiger partial charge in [-0.15, -0.1) is 0 Å². The number of hydrogen-bond donors (Lipinski definition) is 2. The molecular weight excluding hydrogens is 216 g/mol. The summed E-state index contributed by atoms with van der Waals surface area (Å²) in [4.78, 5) is 14.7. The van der Waals surface area contributed by atoms with Gasteiger partial charge in [-0.25, -0.2) is 4.79 Å². The van der Waals surface area contributed by atoms with E-state index in [0.717, 1.165) is 16.5 Å². The van der Waals surface area contributed by atoms with Gasteiger partial charge >= 0.3 is 5.97 Å². The van der Waals surface area contributed by atoms with Crippen molar-refractivity contribution >= 4 is 22.6 Å². The zero-order chi connectivity index (χ0) is 12.6. The van der Waals surface area contributed by atoms with Crippen LogP contribution in [0.3, 0.4) is 0 Å². The maximum Gasteiger partial charge on any atom is 0.337 e. The molecule has 0 aliphatic heterocycles. The number of methoxy groups -OCH3 is 1. The van der Waals surface area contributed by atoms with E-state index < -0.39 is 0 Å². The van der Waals surface area contributed by atoms with Crippen molar-refractivity contribution in [2.45, 2.75) is 19.8 Å². The average molecular weight is 232 g/mol. The highest BCUT2D eigenvalue weighted by molar-refractivity contribution is 6.01. The summed E-state index contributed by atoms with van der Waals surface area (Å²) in [5, 5.41) is 0.986. The van der Waals surface area contributed by atoms with Crippen LogP contribution in [0.25, 0.3) is 10.9 Å². The van der Waals surface area contributed by atoms with Crippen LogP contribution in [0, 0.1) is 0 Å². The third kappa shape index (κ3) is 1.86. The maximum absolute atomic E-state index is 11.5. The van der Waals surface area contributed by atoms with Gasteiger partial charge in [0, 0.05) is 11.6 Å². The molecule has 0 aliphatic rings. The minimum Gasteiger partial charge on any atom is -0.465 e. The van der Waals surface area contributed by atoms with Crippen molar-refractivity contribution in [3.63, 3.8) is 0 Å². The van der Waals surface area contributed by atoms with Gasteiger partial charge in [0.15, 0.2) is 0 Å². The van der Waals surface area contributed by atoms with Crippen LogP contribution in [0.1, 0.15) is 35.7 Å². The number of ether oxygens (including phenoxy) is 1. The number of fused-ring (bicyclic) bond motifs is 1. The molecule has 1 aromatic heterocycles. The lowest BCUT2D eigenvalue weighted by atomic mass is 10.0. The summed E-state index contributed by atoms with van der Waals surface area (Å²) in [7, 11) is 1.36. The van der Waals surface area contributed by atoms with Gasteiger partial charge in [-0.3, -0.25) is 0 Å². The van der Waals surface area contributed by atoms with Crippen molar-refractivity contribution in [2.24, 2.45) is 0 Å². The van der Waals surface area contributed by atoms with E-state index in [2.05, 4.69) is 18.8 Å². The van der Waals surface area contributed by atoms with Crippen LogP contribution >= 0.6 is 0 Å². The summed E-state index contributed by atoms with van der Waals surface area (Å²) >= 11 is 0. The molecule has 0 aliphatic carbocycles. The van der Waals surface area contributed by atoms with E-state index in [0.29, 0.717) is 17.2 Å². The molecule has 0 fully saturated rings. The molecule has 3 N–H and O–H groups in total. The molecule has 90 valence electrons. The molecule has 1 aromatic carbocycles. The van der Waals surface area contributed by atoms with Crippen LogP contribution in [-0.2, 0) is 4.74 Å².